The van der Waals surface area contributed by atoms with Gasteiger partial charge in [-0.25, -0.2) is 0 Å². The van der Waals surface area contributed by atoms with Crippen LogP contribution < -0.4 is 0 Å². The van der Waals surface area contributed by atoms with Crippen LogP contribution in [0.3, 0.4) is 0 Å². The van der Waals surface area contributed by atoms with Gasteiger partial charge in [0.15, 0.2) is 0 Å². The molecule has 0 saturated carbocycles. The van der Waals surface area contributed by atoms with Gasteiger partial charge in [0.25, 0.3) is 0 Å². The van der Waals surface area contributed by atoms with Crippen LogP contribution >= 0.6 is 0 Å². The zero-order chi connectivity index (χ0) is 15.7. The number of rotatable bonds is 3. The highest BCUT2D eigenvalue weighted by Crippen LogP contribution is 2.24. The maximum absolute atomic E-state index is 12.8. The molecule has 22 heavy (non-hydrogen) atoms. The smallest absolute Gasteiger partial charge is 0.211 e. The summed E-state index contributed by atoms with van der Waals surface area (Å²) in [5.41, 5.74) is 1.69. The summed E-state index contributed by atoms with van der Waals surface area (Å²) in [6.45, 7) is 2.49. The Hall–Kier alpha value is -3.13. The fourth-order valence-electron chi connectivity index (χ4n) is 2.45. The van der Waals surface area contributed by atoms with Gasteiger partial charge in [-0.1, -0.05) is 18.2 Å². The zero-order valence-electron chi connectivity index (χ0n) is 11.9. The lowest BCUT2D eigenvalue weighted by Crippen LogP contribution is -2.11. The van der Waals surface area contributed by atoms with Gasteiger partial charge in [0.2, 0.25) is 5.78 Å². The number of hydrogen-bond donors (Lipinski definition) is 1. The van der Waals surface area contributed by atoms with E-state index in [2.05, 4.69) is 5.10 Å². The van der Waals surface area contributed by atoms with Crippen LogP contribution in [-0.4, -0.2) is 20.7 Å². The highest BCUT2D eigenvalue weighted by Gasteiger charge is 2.20. The molecule has 0 saturated heterocycles. The van der Waals surface area contributed by atoms with Gasteiger partial charge in [-0.2, -0.15) is 10.4 Å². The van der Waals surface area contributed by atoms with E-state index in [9.17, 15) is 9.90 Å². The Morgan fingerprint density at radius 2 is 2.09 bits per heavy atom. The number of ketones is 1. The summed E-state index contributed by atoms with van der Waals surface area (Å²) in [5.74, 6) is -0.347. The summed E-state index contributed by atoms with van der Waals surface area (Å²) in [5, 5.41) is 23.8. The molecular formula is C17H13N3O2. The third kappa shape index (κ3) is 2.11. The van der Waals surface area contributed by atoms with E-state index in [-0.39, 0.29) is 17.1 Å². The number of aryl methyl sites for hydroxylation is 1. The van der Waals surface area contributed by atoms with Crippen molar-refractivity contribution in [2.45, 2.75) is 13.5 Å². The van der Waals surface area contributed by atoms with Crippen LogP contribution in [-0.2, 0) is 6.54 Å². The Morgan fingerprint density at radius 3 is 2.82 bits per heavy atom. The average Bonchev–Trinajstić information content (AvgIpc) is 2.93. The van der Waals surface area contributed by atoms with Gasteiger partial charge < -0.3 is 5.11 Å². The largest absolute Gasteiger partial charge is 0.507 e. The summed E-state index contributed by atoms with van der Waals surface area (Å²) < 4.78 is 1.66. The van der Waals surface area contributed by atoms with Crippen LogP contribution in [0.5, 0.6) is 5.75 Å². The van der Waals surface area contributed by atoms with E-state index < -0.39 is 0 Å². The van der Waals surface area contributed by atoms with Gasteiger partial charge >= 0.3 is 0 Å². The minimum atomic E-state index is -0.216. The van der Waals surface area contributed by atoms with Crippen molar-refractivity contribution in [1.82, 2.24) is 9.78 Å². The maximum Gasteiger partial charge on any atom is 0.211 e. The maximum atomic E-state index is 12.8. The van der Waals surface area contributed by atoms with E-state index in [1.165, 1.54) is 18.2 Å². The number of carbonyl (C=O) groups is 1. The number of phenols is 1. The number of aromatic hydroxyl groups is 1. The lowest BCUT2D eigenvalue weighted by molar-refractivity contribution is 0.103. The fourth-order valence-corrected chi connectivity index (χ4v) is 2.45. The van der Waals surface area contributed by atoms with Gasteiger partial charge in [0.1, 0.15) is 17.5 Å². The fraction of sp³-hybridized carbons (Fsp3) is 0.118. The van der Waals surface area contributed by atoms with Gasteiger partial charge in [0.05, 0.1) is 11.1 Å². The second-order valence-electron chi connectivity index (χ2n) is 4.85. The number of carbonyl (C=O) groups excluding carboxylic acids is 1. The van der Waals surface area contributed by atoms with Gasteiger partial charge in [-0.15, -0.1) is 0 Å². The number of nitriles is 1. The Balaban J connectivity index is 2.19. The second kappa shape index (κ2) is 5.34. The van der Waals surface area contributed by atoms with Crippen LogP contribution in [0.2, 0.25) is 0 Å². The number of nitrogens with zero attached hydrogens (tertiary/aromatic N) is 3. The molecule has 0 aliphatic rings. The first-order valence-electron chi connectivity index (χ1n) is 6.89. The van der Waals surface area contributed by atoms with Crippen molar-refractivity contribution in [1.29, 1.82) is 5.26 Å². The molecule has 0 fully saturated rings. The SMILES string of the molecule is CCn1nc2ccccc2c1C(=O)c1ccc(O)c(C#N)c1. The standard InChI is InChI=1S/C17H13N3O2/c1-2-20-16(13-5-3-4-6-14(13)19-20)17(22)11-7-8-15(21)12(9-11)10-18/h3-9,21H,2H2,1H3. The van der Waals surface area contributed by atoms with E-state index in [1.54, 1.807) is 4.68 Å². The monoisotopic (exact) mass is 291 g/mol. The summed E-state index contributed by atoms with van der Waals surface area (Å²) in [4.78, 5) is 12.8. The normalized spacial score (nSPS) is 10.5. The minimum absolute atomic E-state index is 0.0812. The van der Waals surface area contributed by atoms with E-state index >= 15 is 0 Å². The number of aromatic nitrogens is 2. The number of hydrogen-bond acceptors (Lipinski definition) is 4. The van der Waals surface area contributed by atoms with Crippen LogP contribution in [0, 0.1) is 11.3 Å². The van der Waals surface area contributed by atoms with Gasteiger partial charge in [-0.3, -0.25) is 9.48 Å². The lowest BCUT2D eigenvalue weighted by atomic mass is 10.0. The van der Waals surface area contributed by atoms with Crippen molar-refractivity contribution in [3.05, 3.63) is 59.3 Å². The van der Waals surface area contributed by atoms with Crippen LogP contribution in [0.1, 0.15) is 28.5 Å². The first kappa shape index (κ1) is 13.8. The highest BCUT2D eigenvalue weighted by molar-refractivity contribution is 6.15. The summed E-state index contributed by atoms with van der Waals surface area (Å²) in [7, 11) is 0. The van der Waals surface area contributed by atoms with Crippen molar-refractivity contribution in [3.63, 3.8) is 0 Å². The molecule has 0 aliphatic heterocycles. The molecule has 2 aromatic carbocycles. The molecule has 0 radical (unpaired) electrons. The van der Waals surface area contributed by atoms with Crippen molar-refractivity contribution < 1.29 is 9.90 Å². The molecule has 1 heterocycles. The summed E-state index contributed by atoms with van der Waals surface area (Å²) in [6.07, 6.45) is 0. The van der Waals surface area contributed by atoms with Crippen molar-refractivity contribution >= 4 is 16.7 Å². The van der Waals surface area contributed by atoms with Crippen LogP contribution in [0.25, 0.3) is 10.9 Å². The van der Waals surface area contributed by atoms with Crippen LogP contribution in [0.4, 0.5) is 0 Å². The summed E-state index contributed by atoms with van der Waals surface area (Å²) >= 11 is 0. The molecule has 0 aliphatic carbocycles. The topological polar surface area (TPSA) is 78.9 Å². The molecule has 0 spiro atoms. The van der Waals surface area contributed by atoms with E-state index in [1.807, 2.05) is 37.3 Å². The molecular weight excluding hydrogens is 278 g/mol. The van der Waals surface area contributed by atoms with Gasteiger partial charge in [-0.05, 0) is 31.2 Å². The molecule has 0 unspecified atom stereocenters. The first-order valence-corrected chi connectivity index (χ1v) is 6.89. The molecule has 3 aromatic rings. The lowest BCUT2D eigenvalue weighted by Gasteiger charge is -2.05. The second-order valence-corrected chi connectivity index (χ2v) is 4.85. The Kier molecular flexibility index (Phi) is 3.36. The van der Waals surface area contributed by atoms with Crippen molar-refractivity contribution in [3.8, 4) is 11.8 Å². The zero-order valence-corrected chi connectivity index (χ0v) is 11.9. The Morgan fingerprint density at radius 1 is 1.32 bits per heavy atom. The summed E-state index contributed by atoms with van der Waals surface area (Å²) in [6, 6.07) is 13.6. The number of benzene rings is 2. The van der Waals surface area contributed by atoms with Crippen molar-refractivity contribution in [2.24, 2.45) is 0 Å². The third-order valence-corrected chi connectivity index (χ3v) is 3.54. The van der Waals surface area contributed by atoms with E-state index in [0.717, 1.165) is 10.9 Å². The van der Waals surface area contributed by atoms with Crippen LogP contribution in [0.15, 0.2) is 42.5 Å². The molecule has 5 heteroatoms. The Bertz CT molecular complexity index is 919. The molecule has 5 nitrogen and oxygen atoms in total. The molecule has 0 amide bonds. The molecule has 108 valence electrons. The average molecular weight is 291 g/mol. The predicted octanol–water partition coefficient (Wildman–Crippen LogP) is 2.86. The minimum Gasteiger partial charge on any atom is -0.507 e. The third-order valence-electron chi connectivity index (χ3n) is 3.54. The highest BCUT2D eigenvalue weighted by atomic mass is 16.3. The van der Waals surface area contributed by atoms with Crippen molar-refractivity contribution in [2.75, 3.05) is 0 Å². The molecule has 1 aromatic heterocycles. The molecule has 3 rings (SSSR count). The number of fused-ring (bicyclic) bond motifs is 1. The quantitative estimate of drug-likeness (QED) is 0.752. The Labute approximate surface area is 127 Å². The van der Waals surface area contributed by atoms with Gasteiger partial charge in [0, 0.05) is 17.5 Å². The van der Waals surface area contributed by atoms with E-state index in [0.29, 0.717) is 17.8 Å². The first-order chi connectivity index (χ1) is 10.7. The number of phenolic OH excluding ortho intramolecular Hbond substituents is 1. The predicted molar refractivity (Wildman–Crippen MR) is 81.7 cm³/mol. The molecule has 1 N–H and O–H groups in total. The molecule has 0 bridgehead atoms. The van der Waals surface area contributed by atoms with E-state index in [4.69, 9.17) is 5.26 Å². The molecule has 0 atom stereocenters.